The molecule has 2 aromatic carbocycles. The summed E-state index contributed by atoms with van der Waals surface area (Å²) in [5.41, 5.74) is 5.43. The Morgan fingerprint density at radius 1 is 1.20 bits per heavy atom. The third-order valence-corrected chi connectivity index (χ3v) is 4.12. The van der Waals surface area contributed by atoms with Gasteiger partial charge in [0.25, 0.3) is 0 Å². The summed E-state index contributed by atoms with van der Waals surface area (Å²) in [5, 5.41) is 3.64. The first-order valence-electron chi connectivity index (χ1n) is 7.31. The number of hydrogen-bond acceptors (Lipinski definition) is 2. The Kier molecular flexibility index (Phi) is 3.75. The normalized spacial score (nSPS) is 17.6. The number of benzene rings is 2. The molecule has 0 spiro atoms. The topological polar surface area (TPSA) is 21.3 Å². The summed E-state index contributed by atoms with van der Waals surface area (Å²) >= 11 is 0. The average molecular weight is 267 g/mol. The fourth-order valence-electron chi connectivity index (χ4n) is 3.05. The molecule has 0 bridgehead atoms. The van der Waals surface area contributed by atoms with Gasteiger partial charge in [-0.15, -0.1) is 0 Å². The van der Waals surface area contributed by atoms with E-state index in [4.69, 9.17) is 4.74 Å². The second-order valence-corrected chi connectivity index (χ2v) is 5.26. The van der Waals surface area contributed by atoms with E-state index < -0.39 is 0 Å². The lowest BCUT2D eigenvalue weighted by molar-refractivity contribution is 0.403. The smallest absolute Gasteiger partial charge is 0.122 e. The predicted molar refractivity (Wildman–Crippen MR) is 82.4 cm³/mol. The van der Waals surface area contributed by atoms with Crippen molar-refractivity contribution < 1.29 is 4.74 Å². The molecular formula is C18H21NO. The second-order valence-electron chi connectivity index (χ2n) is 5.26. The summed E-state index contributed by atoms with van der Waals surface area (Å²) in [6.45, 7) is 3.19. The molecule has 2 nitrogen and oxygen atoms in total. The maximum absolute atomic E-state index is 5.51. The van der Waals surface area contributed by atoms with Gasteiger partial charge in [0.05, 0.1) is 13.2 Å². The van der Waals surface area contributed by atoms with Crippen molar-refractivity contribution in [1.29, 1.82) is 0 Å². The van der Waals surface area contributed by atoms with Crippen molar-refractivity contribution in [2.45, 2.75) is 25.8 Å². The molecule has 0 saturated carbocycles. The summed E-state index contributed by atoms with van der Waals surface area (Å²) in [4.78, 5) is 0. The molecule has 0 amide bonds. The zero-order valence-electron chi connectivity index (χ0n) is 12.1. The molecule has 0 saturated heterocycles. The lowest BCUT2D eigenvalue weighted by Crippen LogP contribution is -2.30. The van der Waals surface area contributed by atoms with Crippen molar-refractivity contribution in [2.24, 2.45) is 0 Å². The van der Waals surface area contributed by atoms with E-state index in [1.165, 1.54) is 22.3 Å². The predicted octanol–water partition coefficient (Wildman–Crippen LogP) is 3.49. The lowest BCUT2D eigenvalue weighted by atomic mass is 9.88. The van der Waals surface area contributed by atoms with Crippen LogP contribution in [0.5, 0.6) is 5.75 Å². The van der Waals surface area contributed by atoms with Gasteiger partial charge < -0.3 is 10.1 Å². The number of ether oxygens (including phenoxy) is 1. The third-order valence-electron chi connectivity index (χ3n) is 4.12. The van der Waals surface area contributed by atoms with Crippen LogP contribution in [0.25, 0.3) is 0 Å². The molecule has 2 aromatic rings. The number of methoxy groups -OCH3 is 1. The number of hydrogen-bond donors (Lipinski definition) is 1. The van der Waals surface area contributed by atoms with Crippen molar-refractivity contribution in [3.8, 4) is 5.75 Å². The largest absolute Gasteiger partial charge is 0.496 e. The van der Waals surface area contributed by atoms with Gasteiger partial charge in [0.15, 0.2) is 0 Å². The van der Waals surface area contributed by atoms with Crippen LogP contribution in [0, 0.1) is 0 Å². The standard InChI is InChI=1S/C18H21NO/c1-3-13-6-4-7-14(12-13)18-16-8-5-9-17(20-2)15(16)10-11-19-18/h4-9,12,18-19H,3,10-11H2,1-2H3. The minimum absolute atomic E-state index is 0.278. The molecule has 1 aliphatic heterocycles. The Labute approximate surface area is 120 Å². The molecule has 1 unspecified atom stereocenters. The highest BCUT2D eigenvalue weighted by molar-refractivity contribution is 5.47. The van der Waals surface area contributed by atoms with E-state index in [2.05, 4.69) is 54.7 Å². The highest BCUT2D eigenvalue weighted by Gasteiger charge is 2.23. The van der Waals surface area contributed by atoms with Crippen LogP contribution in [-0.2, 0) is 12.8 Å². The van der Waals surface area contributed by atoms with E-state index in [1.807, 2.05) is 0 Å². The first-order chi connectivity index (χ1) is 9.83. The maximum Gasteiger partial charge on any atom is 0.122 e. The Balaban J connectivity index is 2.05. The van der Waals surface area contributed by atoms with Crippen LogP contribution in [0.2, 0.25) is 0 Å². The summed E-state index contributed by atoms with van der Waals surface area (Å²) in [5.74, 6) is 1.01. The van der Waals surface area contributed by atoms with Gasteiger partial charge in [0, 0.05) is 12.1 Å². The van der Waals surface area contributed by atoms with Gasteiger partial charge >= 0.3 is 0 Å². The van der Waals surface area contributed by atoms with Crippen molar-refractivity contribution >= 4 is 0 Å². The second kappa shape index (κ2) is 5.68. The van der Waals surface area contributed by atoms with Crippen LogP contribution in [0.3, 0.4) is 0 Å². The van der Waals surface area contributed by atoms with Crippen molar-refractivity contribution in [2.75, 3.05) is 13.7 Å². The fourth-order valence-corrected chi connectivity index (χ4v) is 3.05. The van der Waals surface area contributed by atoms with Gasteiger partial charge in [-0.2, -0.15) is 0 Å². The molecule has 20 heavy (non-hydrogen) atoms. The van der Waals surface area contributed by atoms with E-state index in [9.17, 15) is 0 Å². The molecular weight excluding hydrogens is 246 g/mol. The van der Waals surface area contributed by atoms with Crippen molar-refractivity contribution in [3.05, 3.63) is 64.7 Å². The van der Waals surface area contributed by atoms with Gasteiger partial charge in [-0.3, -0.25) is 0 Å². The average Bonchev–Trinajstić information content (AvgIpc) is 2.53. The molecule has 2 heteroatoms. The molecule has 3 rings (SSSR count). The number of rotatable bonds is 3. The Hall–Kier alpha value is -1.80. The molecule has 1 heterocycles. The van der Waals surface area contributed by atoms with Crippen LogP contribution in [0.4, 0.5) is 0 Å². The van der Waals surface area contributed by atoms with Crippen LogP contribution >= 0.6 is 0 Å². The molecule has 1 atom stereocenters. The van der Waals surface area contributed by atoms with Crippen LogP contribution in [0.15, 0.2) is 42.5 Å². The number of nitrogens with one attached hydrogen (secondary N) is 1. The van der Waals surface area contributed by atoms with Gasteiger partial charge in [-0.25, -0.2) is 0 Å². The van der Waals surface area contributed by atoms with Crippen LogP contribution < -0.4 is 10.1 Å². The van der Waals surface area contributed by atoms with Gasteiger partial charge in [-0.05, 0) is 35.6 Å². The zero-order chi connectivity index (χ0) is 13.9. The molecule has 1 N–H and O–H groups in total. The molecule has 0 radical (unpaired) electrons. The minimum Gasteiger partial charge on any atom is -0.496 e. The quantitative estimate of drug-likeness (QED) is 0.919. The summed E-state index contributed by atoms with van der Waals surface area (Å²) < 4.78 is 5.51. The van der Waals surface area contributed by atoms with Crippen LogP contribution in [-0.4, -0.2) is 13.7 Å². The minimum atomic E-state index is 0.278. The van der Waals surface area contributed by atoms with E-state index in [0.29, 0.717) is 0 Å². The summed E-state index contributed by atoms with van der Waals surface area (Å²) in [6.07, 6.45) is 2.11. The Morgan fingerprint density at radius 2 is 2.05 bits per heavy atom. The van der Waals surface area contributed by atoms with E-state index in [1.54, 1.807) is 7.11 Å². The van der Waals surface area contributed by atoms with Crippen molar-refractivity contribution in [3.63, 3.8) is 0 Å². The molecule has 0 aliphatic carbocycles. The highest BCUT2D eigenvalue weighted by Crippen LogP contribution is 2.34. The van der Waals surface area contributed by atoms with Gasteiger partial charge in [0.2, 0.25) is 0 Å². The van der Waals surface area contributed by atoms with E-state index in [0.717, 1.165) is 25.1 Å². The zero-order valence-corrected chi connectivity index (χ0v) is 12.1. The Morgan fingerprint density at radius 3 is 2.85 bits per heavy atom. The molecule has 104 valence electrons. The number of fused-ring (bicyclic) bond motifs is 1. The first-order valence-corrected chi connectivity index (χ1v) is 7.31. The Bertz CT molecular complexity index is 606. The lowest BCUT2D eigenvalue weighted by Gasteiger charge is -2.28. The SMILES string of the molecule is CCc1cccc(C2NCCc3c(OC)cccc32)c1. The fraction of sp³-hybridized carbons (Fsp3) is 0.333. The summed E-state index contributed by atoms with van der Waals surface area (Å²) in [7, 11) is 1.75. The highest BCUT2D eigenvalue weighted by atomic mass is 16.5. The first kappa shape index (κ1) is 13.2. The van der Waals surface area contributed by atoms with Gasteiger partial charge in [0.1, 0.15) is 5.75 Å². The van der Waals surface area contributed by atoms with Crippen molar-refractivity contribution in [1.82, 2.24) is 5.32 Å². The molecule has 0 aromatic heterocycles. The molecule has 1 aliphatic rings. The van der Waals surface area contributed by atoms with Crippen LogP contribution in [0.1, 0.15) is 35.2 Å². The third kappa shape index (κ3) is 2.32. The maximum atomic E-state index is 5.51. The summed E-state index contributed by atoms with van der Waals surface area (Å²) in [6, 6.07) is 15.5. The van der Waals surface area contributed by atoms with E-state index >= 15 is 0 Å². The van der Waals surface area contributed by atoms with E-state index in [-0.39, 0.29) is 6.04 Å². The van der Waals surface area contributed by atoms with Gasteiger partial charge in [-0.1, -0.05) is 43.3 Å². The molecule has 0 fully saturated rings. The number of aryl methyl sites for hydroxylation is 1. The monoisotopic (exact) mass is 267 g/mol.